The number of halogens is 2. The molecule has 0 amide bonds. The highest BCUT2D eigenvalue weighted by molar-refractivity contribution is 5.73. The predicted molar refractivity (Wildman–Crippen MR) is 153 cm³/mol. The molecule has 12 heteroatoms. The van der Waals surface area contributed by atoms with Crippen LogP contribution in [0.25, 0.3) is 11.3 Å². The molecule has 1 fully saturated rings. The smallest absolute Gasteiger partial charge is 0.311 e. The summed E-state index contributed by atoms with van der Waals surface area (Å²) in [5, 5.41) is 23.6. The number of nitrogens with one attached hydrogen (secondary N) is 1. The molecular formula is C31H36F2N4O6. The summed E-state index contributed by atoms with van der Waals surface area (Å²) in [5.41, 5.74) is 1.33. The second-order valence-corrected chi connectivity index (χ2v) is 11.1. The fraction of sp³-hybridized carbons (Fsp3) is 0.452. The molecular weight excluding hydrogens is 562 g/mol. The highest BCUT2D eigenvalue weighted by atomic mass is 19.3. The summed E-state index contributed by atoms with van der Waals surface area (Å²) in [6, 6.07) is 9.76. The van der Waals surface area contributed by atoms with Crippen LogP contribution in [0.4, 0.5) is 20.4 Å². The van der Waals surface area contributed by atoms with Crippen molar-refractivity contribution in [2.75, 3.05) is 12.1 Å². The Kier molecular flexibility index (Phi) is 10.4. The van der Waals surface area contributed by atoms with Gasteiger partial charge in [-0.1, -0.05) is 0 Å². The second kappa shape index (κ2) is 14.0. The summed E-state index contributed by atoms with van der Waals surface area (Å²) in [5.74, 6) is -0.901. The van der Waals surface area contributed by atoms with Crippen molar-refractivity contribution in [2.45, 2.75) is 71.0 Å². The first-order valence-electron chi connectivity index (χ1n) is 14.1. The van der Waals surface area contributed by atoms with E-state index in [1.54, 1.807) is 25.3 Å². The average molecular weight is 599 g/mol. The third-order valence-electron chi connectivity index (χ3n) is 7.58. The van der Waals surface area contributed by atoms with Gasteiger partial charge in [-0.15, -0.1) is 0 Å². The van der Waals surface area contributed by atoms with Crippen LogP contribution in [0.3, 0.4) is 0 Å². The Morgan fingerprint density at radius 2 is 1.81 bits per heavy atom. The van der Waals surface area contributed by atoms with Crippen LogP contribution >= 0.6 is 0 Å². The number of carbonyl (C=O) groups is 2. The van der Waals surface area contributed by atoms with E-state index in [1.807, 2.05) is 19.1 Å². The van der Waals surface area contributed by atoms with Crippen molar-refractivity contribution < 1.29 is 38.1 Å². The number of aryl methyl sites for hydroxylation is 1. The molecule has 230 valence electrons. The number of pyridine rings is 3. The maximum atomic E-state index is 13.1. The number of hydrogen-bond acceptors (Lipinski definition) is 10. The summed E-state index contributed by atoms with van der Waals surface area (Å²) in [4.78, 5) is 37.1. The minimum Gasteiger partial charge on any atom is -0.428 e. The van der Waals surface area contributed by atoms with E-state index in [2.05, 4.69) is 20.3 Å². The number of esters is 2. The third-order valence-corrected chi connectivity index (χ3v) is 7.58. The summed E-state index contributed by atoms with van der Waals surface area (Å²) in [6.07, 6.45) is 1.50. The summed E-state index contributed by atoms with van der Waals surface area (Å²) in [6.45, 7) is 4.58. The van der Waals surface area contributed by atoms with Gasteiger partial charge < -0.3 is 25.0 Å². The van der Waals surface area contributed by atoms with Crippen molar-refractivity contribution in [3.63, 3.8) is 0 Å². The first kappa shape index (κ1) is 31.9. The van der Waals surface area contributed by atoms with E-state index in [-0.39, 0.29) is 29.6 Å². The molecule has 1 saturated carbocycles. The lowest BCUT2D eigenvalue weighted by Crippen LogP contribution is -2.37. The molecule has 3 heterocycles. The number of alkyl halides is 2. The van der Waals surface area contributed by atoms with Gasteiger partial charge in [0.1, 0.15) is 17.2 Å². The lowest BCUT2D eigenvalue weighted by molar-refractivity contribution is -0.172. The van der Waals surface area contributed by atoms with Crippen LogP contribution in [0.1, 0.15) is 69.2 Å². The van der Waals surface area contributed by atoms with Gasteiger partial charge in [0.25, 0.3) is 6.43 Å². The lowest BCUT2D eigenvalue weighted by atomic mass is 9.73. The number of anilines is 2. The molecule has 3 aromatic rings. The molecule has 3 aromatic heterocycles. The molecule has 0 saturated heterocycles. The van der Waals surface area contributed by atoms with Crippen molar-refractivity contribution in [3.05, 3.63) is 65.6 Å². The Bertz CT molecular complexity index is 1410. The normalized spacial score (nSPS) is 18.9. The zero-order chi connectivity index (χ0) is 31.1. The van der Waals surface area contributed by atoms with E-state index in [9.17, 15) is 28.6 Å². The molecule has 1 unspecified atom stereocenters. The summed E-state index contributed by atoms with van der Waals surface area (Å²) < 4.78 is 36.0. The predicted octanol–water partition coefficient (Wildman–Crippen LogP) is 5.36. The van der Waals surface area contributed by atoms with Crippen molar-refractivity contribution in [1.29, 1.82) is 0 Å². The average Bonchev–Trinajstić information content (AvgIpc) is 2.96. The summed E-state index contributed by atoms with van der Waals surface area (Å²) >= 11 is 0. The Morgan fingerprint density at radius 3 is 2.47 bits per heavy atom. The maximum absolute atomic E-state index is 13.1. The van der Waals surface area contributed by atoms with Gasteiger partial charge in [0, 0.05) is 23.5 Å². The number of carbonyl (C=O) groups excluding carboxylic acids is 2. The number of hydrogen-bond donors (Lipinski definition) is 3. The highest BCUT2D eigenvalue weighted by Gasteiger charge is 2.39. The fourth-order valence-corrected chi connectivity index (χ4v) is 5.18. The topological polar surface area (TPSA) is 144 Å². The van der Waals surface area contributed by atoms with Crippen molar-refractivity contribution >= 4 is 23.6 Å². The molecule has 2 atom stereocenters. The van der Waals surface area contributed by atoms with Crippen LogP contribution in [0.5, 0.6) is 0 Å². The molecule has 43 heavy (non-hydrogen) atoms. The van der Waals surface area contributed by atoms with Crippen molar-refractivity contribution in [1.82, 2.24) is 15.0 Å². The maximum Gasteiger partial charge on any atom is 0.311 e. The van der Waals surface area contributed by atoms with Gasteiger partial charge >= 0.3 is 11.9 Å². The standard InChI is InChI=1S/C31H36F2N4O6/c1-18-12-24(36-27(13-18)37-26-15-21(29(32)33)10-11-34-26)22-6-9-25(35-16-22)31(3,41)23-7-4-20(5-8-23)30(40)43-17-42-28(39)14-19(2)38/h6,9-13,15-16,19-20,23,29,38,41H,4-5,7-8,14,17H2,1-3H3,(H,34,36,37)/t19?,20?,23?,31-/m1/s1. The molecule has 1 aliphatic carbocycles. The lowest BCUT2D eigenvalue weighted by Gasteiger charge is -2.37. The number of aliphatic hydroxyl groups excluding tert-OH is 1. The van der Waals surface area contributed by atoms with Crippen LogP contribution in [0.15, 0.2) is 48.8 Å². The Labute approximate surface area is 248 Å². The van der Waals surface area contributed by atoms with Crippen LogP contribution in [0.2, 0.25) is 0 Å². The third kappa shape index (κ3) is 8.51. The molecule has 10 nitrogen and oxygen atoms in total. The molecule has 0 aromatic carbocycles. The van der Waals surface area contributed by atoms with E-state index in [4.69, 9.17) is 9.47 Å². The van der Waals surface area contributed by atoms with E-state index in [0.29, 0.717) is 48.5 Å². The van der Waals surface area contributed by atoms with Crippen LogP contribution in [-0.2, 0) is 24.7 Å². The minimum absolute atomic E-state index is 0.136. The highest BCUT2D eigenvalue weighted by Crippen LogP contribution is 2.41. The first-order chi connectivity index (χ1) is 20.4. The van der Waals surface area contributed by atoms with E-state index >= 15 is 0 Å². The first-order valence-corrected chi connectivity index (χ1v) is 14.1. The Balaban J connectivity index is 1.36. The largest absolute Gasteiger partial charge is 0.428 e. The summed E-state index contributed by atoms with van der Waals surface area (Å²) in [7, 11) is 0. The van der Waals surface area contributed by atoms with Gasteiger partial charge in [-0.05, 0) is 94.3 Å². The zero-order valence-corrected chi connectivity index (χ0v) is 24.3. The van der Waals surface area contributed by atoms with E-state index in [0.717, 1.165) is 5.56 Å². The molecule has 0 bridgehead atoms. The molecule has 0 spiro atoms. The zero-order valence-electron chi connectivity index (χ0n) is 24.3. The van der Waals surface area contributed by atoms with E-state index in [1.165, 1.54) is 25.3 Å². The van der Waals surface area contributed by atoms with Gasteiger partial charge in [-0.25, -0.2) is 18.7 Å². The van der Waals surface area contributed by atoms with Crippen LogP contribution < -0.4 is 5.32 Å². The monoisotopic (exact) mass is 598 g/mol. The number of aliphatic hydroxyl groups is 2. The molecule has 0 aliphatic heterocycles. The van der Waals surface area contributed by atoms with Gasteiger partial charge in [-0.2, -0.15) is 0 Å². The van der Waals surface area contributed by atoms with E-state index < -0.39 is 36.9 Å². The van der Waals surface area contributed by atoms with Gasteiger partial charge in [0.15, 0.2) is 0 Å². The molecule has 0 radical (unpaired) electrons. The van der Waals surface area contributed by atoms with Crippen molar-refractivity contribution in [3.8, 4) is 11.3 Å². The number of ether oxygens (including phenoxy) is 2. The molecule has 4 rings (SSSR count). The quantitative estimate of drug-likeness (QED) is 0.195. The molecule has 3 N–H and O–H groups in total. The van der Waals surface area contributed by atoms with Crippen LogP contribution in [-0.4, -0.2) is 50.0 Å². The second-order valence-electron chi connectivity index (χ2n) is 11.1. The number of nitrogens with zero attached hydrogens (tertiary/aromatic N) is 3. The Hall–Kier alpha value is -4.03. The SMILES string of the molecule is Cc1cc(Nc2cc(C(F)F)ccn2)nc(-c2ccc([C@](C)(O)C3CCC(C(=O)OCOC(=O)CC(C)O)CC3)nc2)c1. The number of aromatic nitrogens is 3. The fourth-order valence-electron chi connectivity index (χ4n) is 5.18. The van der Waals surface area contributed by atoms with Gasteiger partial charge in [-0.3, -0.25) is 14.6 Å². The van der Waals surface area contributed by atoms with Gasteiger partial charge in [0.05, 0.1) is 29.8 Å². The van der Waals surface area contributed by atoms with Gasteiger partial charge in [0.2, 0.25) is 6.79 Å². The van der Waals surface area contributed by atoms with Crippen molar-refractivity contribution in [2.24, 2.45) is 11.8 Å². The minimum atomic E-state index is -2.61. The Morgan fingerprint density at radius 1 is 1.07 bits per heavy atom. The number of rotatable bonds is 11. The van der Waals surface area contributed by atoms with Crippen LogP contribution in [0, 0.1) is 18.8 Å². The molecule has 1 aliphatic rings.